The van der Waals surface area contributed by atoms with Gasteiger partial charge in [0.1, 0.15) is 6.04 Å². The molecule has 0 saturated carbocycles. The number of rotatable bonds is 7. The lowest BCUT2D eigenvalue weighted by Crippen LogP contribution is -2.42. The number of nitrogens with two attached hydrogens (primary N) is 1. The Hall–Kier alpha value is -1.04. The highest BCUT2D eigenvalue weighted by Gasteiger charge is 2.19. The first-order valence-corrected chi connectivity index (χ1v) is 6.83. The quantitative estimate of drug-likeness (QED) is 0.642. The monoisotopic (exact) mass is 254 g/mol. The van der Waals surface area contributed by atoms with Crippen LogP contribution in [0.1, 0.15) is 18.2 Å². The van der Waals surface area contributed by atoms with Crippen molar-refractivity contribution in [3.05, 3.63) is 35.9 Å². The van der Waals surface area contributed by atoms with Gasteiger partial charge < -0.3 is 10.8 Å². The van der Waals surface area contributed by atoms with E-state index >= 15 is 0 Å². The molecule has 2 unspecified atom stereocenters. The van der Waals surface area contributed by atoms with Gasteiger partial charge in [-0.05, 0) is 24.0 Å². The predicted molar refractivity (Wildman–Crippen MR) is 70.9 cm³/mol. The van der Waals surface area contributed by atoms with E-state index in [0.717, 1.165) is 11.3 Å². The standard InChI is InChI=1S/C12H18N2O2S/c1-17-8-7-10(12(15)16)14-11(13)9-5-3-2-4-6-9/h2-6,10-11,14H,7-8,13H2,1H3,(H,15,16). The smallest absolute Gasteiger partial charge is 0.320 e. The first kappa shape index (κ1) is 14.0. The molecule has 0 saturated heterocycles. The first-order valence-electron chi connectivity index (χ1n) is 5.43. The van der Waals surface area contributed by atoms with Gasteiger partial charge in [0.05, 0.1) is 6.17 Å². The van der Waals surface area contributed by atoms with Crippen LogP contribution in [-0.4, -0.2) is 29.1 Å². The fourth-order valence-corrected chi connectivity index (χ4v) is 1.96. The number of hydrogen-bond acceptors (Lipinski definition) is 4. The minimum absolute atomic E-state index is 0.445. The van der Waals surface area contributed by atoms with Gasteiger partial charge in [0.25, 0.3) is 0 Å². The zero-order valence-electron chi connectivity index (χ0n) is 9.80. The van der Waals surface area contributed by atoms with E-state index in [1.165, 1.54) is 0 Å². The van der Waals surface area contributed by atoms with Crippen LogP contribution in [-0.2, 0) is 4.79 Å². The molecule has 94 valence electrons. The third kappa shape index (κ3) is 4.77. The molecule has 0 spiro atoms. The molecule has 1 aromatic rings. The van der Waals surface area contributed by atoms with Crippen LogP contribution < -0.4 is 11.1 Å². The summed E-state index contributed by atoms with van der Waals surface area (Å²) in [5.41, 5.74) is 6.82. The van der Waals surface area contributed by atoms with Gasteiger partial charge in [-0.2, -0.15) is 11.8 Å². The summed E-state index contributed by atoms with van der Waals surface area (Å²) in [5.74, 6) is -0.0590. The molecule has 4 nitrogen and oxygen atoms in total. The molecule has 1 rings (SSSR count). The second-order valence-corrected chi connectivity index (χ2v) is 4.71. The second kappa shape index (κ2) is 7.32. The van der Waals surface area contributed by atoms with Gasteiger partial charge >= 0.3 is 5.97 Å². The van der Waals surface area contributed by atoms with Crippen LogP contribution in [0.2, 0.25) is 0 Å². The number of carbonyl (C=O) groups is 1. The predicted octanol–water partition coefficient (Wildman–Crippen LogP) is 1.44. The van der Waals surface area contributed by atoms with E-state index in [4.69, 9.17) is 10.8 Å². The lowest BCUT2D eigenvalue weighted by Gasteiger charge is -2.20. The molecule has 4 N–H and O–H groups in total. The van der Waals surface area contributed by atoms with Crippen molar-refractivity contribution in [3.63, 3.8) is 0 Å². The van der Waals surface area contributed by atoms with E-state index in [2.05, 4.69) is 5.32 Å². The summed E-state index contributed by atoms with van der Waals surface area (Å²) in [5, 5.41) is 12.0. The minimum Gasteiger partial charge on any atom is -0.480 e. The summed E-state index contributed by atoms with van der Waals surface area (Å²) in [4.78, 5) is 11.0. The van der Waals surface area contributed by atoms with Gasteiger partial charge in [0, 0.05) is 0 Å². The molecular weight excluding hydrogens is 236 g/mol. The third-order valence-corrected chi connectivity index (χ3v) is 3.09. The fourth-order valence-electron chi connectivity index (χ4n) is 1.49. The molecule has 0 amide bonds. The number of nitrogens with one attached hydrogen (secondary N) is 1. The summed E-state index contributed by atoms with van der Waals surface area (Å²) in [6.07, 6.45) is 2.08. The van der Waals surface area contributed by atoms with Crippen LogP contribution in [0.3, 0.4) is 0 Å². The highest BCUT2D eigenvalue weighted by Crippen LogP contribution is 2.09. The fraction of sp³-hybridized carbons (Fsp3) is 0.417. The Bertz CT molecular complexity index is 346. The maximum absolute atomic E-state index is 11.0. The average molecular weight is 254 g/mol. The maximum Gasteiger partial charge on any atom is 0.320 e. The summed E-state index contributed by atoms with van der Waals surface area (Å²) >= 11 is 1.63. The van der Waals surface area contributed by atoms with Crippen molar-refractivity contribution in [3.8, 4) is 0 Å². The first-order chi connectivity index (χ1) is 8.15. The van der Waals surface area contributed by atoms with Crippen molar-refractivity contribution in [2.75, 3.05) is 12.0 Å². The molecule has 0 fully saturated rings. The van der Waals surface area contributed by atoms with Crippen molar-refractivity contribution >= 4 is 17.7 Å². The molecule has 2 atom stereocenters. The van der Waals surface area contributed by atoms with Gasteiger partial charge in [-0.15, -0.1) is 0 Å². The highest BCUT2D eigenvalue weighted by molar-refractivity contribution is 7.98. The van der Waals surface area contributed by atoms with E-state index < -0.39 is 18.2 Å². The number of aliphatic carboxylic acids is 1. The van der Waals surface area contributed by atoms with Crippen LogP contribution in [0.4, 0.5) is 0 Å². The van der Waals surface area contributed by atoms with E-state index in [9.17, 15) is 4.79 Å². The van der Waals surface area contributed by atoms with Crippen molar-refractivity contribution in [2.45, 2.75) is 18.6 Å². The van der Waals surface area contributed by atoms with Gasteiger partial charge in [0.2, 0.25) is 0 Å². The maximum atomic E-state index is 11.0. The number of benzene rings is 1. The third-order valence-electron chi connectivity index (χ3n) is 2.45. The van der Waals surface area contributed by atoms with Gasteiger partial charge in [-0.3, -0.25) is 10.1 Å². The van der Waals surface area contributed by atoms with Crippen LogP contribution in [0.15, 0.2) is 30.3 Å². The molecule has 0 heterocycles. The average Bonchev–Trinajstić information content (AvgIpc) is 2.35. The zero-order valence-corrected chi connectivity index (χ0v) is 10.6. The number of carboxylic acids is 1. The molecule has 5 heteroatoms. The molecule has 0 bridgehead atoms. The highest BCUT2D eigenvalue weighted by atomic mass is 32.2. The lowest BCUT2D eigenvalue weighted by atomic mass is 10.1. The van der Waals surface area contributed by atoms with Gasteiger partial charge in [-0.1, -0.05) is 30.3 Å². The Morgan fingerprint density at radius 3 is 2.65 bits per heavy atom. The van der Waals surface area contributed by atoms with Crippen LogP contribution in [0.25, 0.3) is 0 Å². The molecule has 0 radical (unpaired) electrons. The molecule has 1 aromatic carbocycles. The second-order valence-electron chi connectivity index (χ2n) is 3.73. The SMILES string of the molecule is CSCCC(NC(N)c1ccccc1)C(=O)O. The summed E-state index contributed by atoms with van der Waals surface area (Å²) < 4.78 is 0. The lowest BCUT2D eigenvalue weighted by molar-refractivity contribution is -0.139. The van der Waals surface area contributed by atoms with Crippen molar-refractivity contribution in [1.82, 2.24) is 5.32 Å². The number of carboxylic acid groups (broad SMARTS) is 1. The van der Waals surface area contributed by atoms with Crippen molar-refractivity contribution < 1.29 is 9.90 Å². The Kier molecular flexibility index (Phi) is 6.04. The summed E-state index contributed by atoms with van der Waals surface area (Å²) in [6.45, 7) is 0. The van der Waals surface area contributed by atoms with Crippen LogP contribution in [0, 0.1) is 0 Å². The number of hydrogen-bond donors (Lipinski definition) is 3. The topological polar surface area (TPSA) is 75.3 Å². The molecule has 0 aliphatic heterocycles. The molecular formula is C12H18N2O2S. The summed E-state index contributed by atoms with van der Waals surface area (Å²) in [6, 6.07) is 8.83. The normalized spacial score (nSPS) is 14.2. The Morgan fingerprint density at radius 1 is 1.47 bits per heavy atom. The van der Waals surface area contributed by atoms with Gasteiger partial charge in [-0.25, -0.2) is 0 Å². The largest absolute Gasteiger partial charge is 0.480 e. The Labute approximate surface area is 106 Å². The van der Waals surface area contributed by atoms with Crippen LogP contribution in [0.5, 0.6) is 0 Å². The van der Waals surface area contributed by atoms with E-state index in [-0.39, 0.29) is 0 Å². The minimum atomic E-state index is -0.856. The molecule has 0 aromatic heterocycles. The van der Waals surface area contributed by atoms with E-state index in [1.54, 1.807) is 11.8 Å². The number of thioether (sulfide) groups is 1. The van der Waals surface area contributed by atoms with Crippen molar-refractivity contribution in [2.24, 2.45) is 5.73 Å². The van der Waals surface area contributed by atoms with Crippen molar-refractivity contribution in [1.29, 1.82) is 0 Å². The zero-order chi connectivity index (χ0) is 12.7. The van der Waals surface area contributed by atoms with E-state index in [1.807, 2.05) is 36.6 Å². The molecule has 17 heavy (non-hydrogen) atoms. The van der Waals surface area contributed by atoms with Crippen LogP contribution >= 0.6 is 11.8 Å². The Morgan fingerprint density at radius 2 is 2.12 bits per heavy atom. The van der Waals surface area contributed by atoms with Gasteiger partial charge in [0.15, 0.2) is 0 Å². The van der Waals surface area contributed by atoms with E-state index in [0.29, 0.717) is 6.42 Å². The molecule has 0 aliphatic rings. The Balaban J connectivity index is 2.58. The molecule has 0 aliphatic carbocycles. The summed E-state index contributed by atoms with van der Waals surface area (Å²) in [7, 11) is 0.